The zero-order valence-electron chi connectivity index (χ0n) is 12.0. The van der Waals surface area contributed by atoms with Crippen LogP contribution in [0.2, 0.25) is 0 Å². The first kappa shape index (κ1) is 14.3. The molecule has 4 nitrogen and oxygen atoms in total. The van der Waals surface area contributed by atoms with Crippen molar-refractivity contribution in [1.29, 1.82) is 0 Å². The van der Waals surface area contributed by atoms with Gasteiger partial charge in [0, 0.05) is 0 Å². The Morgan fingerprint density at radius 2 is 1.91 bits per heavy atom. The summed E-state index contributed by atoms with van der Waals surface area (Å²) in [5, 5.41) is 2.82. The number of carbonyl (C=O) groups excluding carboxylic acids is 2. The van der Waals surface area contributed by atoms with Crippen molar-refractivity contribution < 1.29 is 14.0 Å². The maximum atomic E-state index is 13.7. The largest absolute Gasteiger partial charge is 0.371 e. The fraction of sp³-hybridized carbons (Fsp3) is 0.176. The van der Waals surface area contributed by atoms with E-state index in [9.17, 15) is 14.0 Å². The molecule has 0 bridgehead atoms. The smallest absolute Gasteiger partial charge is 0.256 e. The van der Waals surface area contributed by atoms with E-state index < -0.39 is 11.9 Å². The van der Waals surface area contributed by atoms with Crippen molar-refractivity contribution in [2.75, 3.05) is 10.2 Å². The van der Waals surface area contributed by atoms with Gasteiger partial charge in [0.05, 0.1) is 17.8 Å². The van der Waals surface area contributed by atoms with Crippen molar-refractivity contribution in [3.63, 3.8) is 0 Å². The summed E-state index contributed by atoms with van der Waals surface area (Å²) in [6.07, 6.45) is 0.0150. The van der Waals surface area contributed by atoms with Gasteiger partial charge in [0.2, 0.25) is 5.91 Å². The Morgan fingerprint density at radius 3 is 2.64 bits per heavy atom. The summed E-state index contributed by atoms with van der Waals surface area (Å²) in [5.41, 5.74) is 1.73. The van der Waals surface area contributed by atoms with Crippen molar-refractivity contribution in [1.82, 2.24) is 0 Å². The van der Waals surface area contributed by atoms with E-state index in [1.165, 1.54) is 6.07 Å². The summed E-state index contributed by atoms with van der Waals surface area (Å²) < 4.78 is 13.7. The van der Waals surface area contributed by atoms with Gasteiger partial charge in [-0.15, -0.1) is 0 Å². The lowest BCUT2D eigenvalue weighted by molar-refractivity contribution is -0.121. The summed E-state index contributed by atoms with van der Waals surface area (Å²) in [6.45, 7) is 1.89. The molecule has 0 saturated carbocycles. The van der Waals surface area contributed by atoms with Crippen LogP contribution in [0.1, 0.15) is 12.0 Å². The molecule has 1 aliphatic rings. The van der Waals surface area contributed by atoms with Gasteiger partial charge in [-0.25, -0.2) is 9.29 Å². The van der Waals surface area contributed by atoms with E-state index in [1.54, 1.807) is 36.4 Å². The number of hydrogen-bond acceptors (Lipinski definition) is 3. The van der Waals surface area contributed by atoms with Gasteiger partial charge in [-0.05, 0) is 36.8 Å². The molecular weight excluding hydrogens is 283 g/mol. The molecule has 1 N–H and O–H groups in total. The standard InChI is InChI=1S/C17H15FN2O2/c1-11-5-4-6-12(9-11)20-16(21)10-15(17(20)22)19-14-8-3-2-7-13(14)18/h2-9,15,19H,10H2,1H3. The van der Waals surface area contributed by atoms with Gasteiger partial charge in [-0.2, -0.15) is 0 Å². The average Bonchev–Trinajstić information content (AvgIpc) is 2.76. The van der Waals surface area contributed by atoms with E-state index in [1.807, 2.05) is 13.0 Å². The molecule has 0 aliphatic carbocycles. The number of aryl methyl sites for hydroxylation is 1. The minimum absolute atomic E-state index is 0.0150. The number of nitrogens with zero attached hydrogens (tertiary/aromatic N) is 1. The van der Waals surface area contributed by atoms with Gasteiger partial charge in [0.25, 0.3) is 5.91 Å². The van der Waals surface area contributed by atoms with Crippen LogP contribution < -0.4 is 10.2 Å². The van der Waals surface area contributed by atoms with Crippen molar-refractivity contribution in [2.24, 2.45) is 0 Å². The lowest BCUT2D eigenvalue weighted by atomic mass is 10.2. The van der Waals surface area contributed by atoms with E-state index in [-0.39, 0.29) is 23.9 Å². The number of halogens is 1. The highest BCUT2D eigenvalue weighted by atomic mass is 19.1. The lowest BCUT2D eigenvalue weighted by Gasteiger charge is -2.16. The summed E-state index contributed by atoms with van der Waals surface area (Å²) >= 11 is 0. The van der Waals surface area contributed by atoms with Crippen molar-refractivity contribution in [3.05, 3.63) is 59.9 Å². The van der Waals surface area contributed by atoms with E-state index in [0.29, 0.717) is 5.69 Å². The van der Waals surface area contributed by atoms with Crippen LogP contribution in [0.5, 0.6) is 0 Å². The molecule has 1 unspecified atom stereocenters. The molecule has 1 aliphatic heterocycles. The van der Waals surface area contributed by atoms with Gasteiger partial charge < -0.3 is 5.32 Å². The van der Waals surface area contributed by atoms with E-state index in [2.05, 4.69) is 5.32 Å². The third kappa shape index (κ3) is 2.57. The van der Waals surface area contributed by atoms with Crippen molar-refractivity contribution in [2.45, 2.75) is 19.4 Å². The topological polar surface area (TPSA) is 49.4 Å². The third-order valence-corrected chi connectivity index (χ3v) is 3.61. The number of para-hydroxylation sites is 1. The fourth-order valence-corrected chi connectivity index (χ4v) is 2.55. The second-order valence-electron chi connectivity index (χ2n) is 5.29. The van der Waals surface area contributed by atoms with Crippen LogP contribution in [-0.2, 0) is 9.59 Å². The third-order valence-electron chi connectivity index (χ3n) is 3.61. The summed E-state index contributed by atoms with van der Waals surface area (Å²) in [4.78, 5) is 25.8. The van der Waals surface area contributed by atoms with E-state index in [4.69, 9.17) is 0 Å². The Bertz CT molecular complexity index is 745. The van der Waals surface area contributed by atoms with Gasteiger partial charge in [-0.3, -0.25) is 9.59 Å². The quantitative estimate of drug-likeness (QED) is 0.886. The first-order valence-electron chi connectivity index (χ1n) is 7.01. The number of nitrogens with one attached hydrogen (secondary N) is 1. The first-order chi connectivity index (χ1) is 10.6. The minimum atomic E-state index is -0.745. The normalized spacial score (nSPS) is 17.9. The molecule has 0 radical (unpaired) electrons. The van der Waals surface area contributed by atoms with Crippen LogP contribution in [0.25, 0.3) is 0 Å². The van der Waals surface area contributed by atoms with E-state index in [0.717, 1.165) is 10.5 Å². The zero-order valence-corrected chi connectivity index (χ0v) is 12.0. The lowest BCUT2D eigenvalue weighted by Crippen LogP contribution is -2.35. The first-order valence-corrected chi connectivity index (χ1v) is 7.01. The molecule has 22 heavy (non-hydrogen) atoms. The van der Waals surface area contributed by atoms with Crippen LogP contribution >= 0.6 is 0 Å². The highest BCUT2D eigenvalue weighted by molar-refractivity contribution is 6.23. The van der Waals surface area contributed by atoms with Gasteiger partial charge in [-0.1, -0.05) is 24.3 Å². The number of rotatable bonds is 3. The predicted molar refractivity (Wildman–Crippen MR) is 82.1 cm³/mol. The molecular formula is C17H15FN2O2. The molecule has 2 aromatic rings. The molecule has 2 aromatic carbocycles. The molecule has 1 atom stereocenters. The van der Waals surface area contributed by atoms with Crippen LogP contribution in [0.3, 0.4) is 0 Å². The van der Waals surface area contributed by atoms with Crippen LogP contribution in [0.15, 0.2) is 48.5 Å². The summed E-state index contributed by atoms with van der Waals surface area (Å²) in [6, 6.07) is 12.5. The minimum Gasteiger partial charge on any atom is -0.371 e. The average molecular weight is 298 g/mol. The predicted octanol–water partition coefficient (Wildman–Crippen LogP) is 2.88. The molecule has 0 spiro atoms. The molecule has 1 saturated heterocycles. The SMILES string of the molecule is Cc1cccc(N2C(=O)CC(Nc3ccccc3F)C2=O)c1. The molecule has 1 heterocycles. The second kappa shape index (κ2) is 5.60. The van der Waals surface area contributed by atoms with Gasteiger partial charge >= 0.3 is 0 Å². The number of imide groups is 1. The maximum Gasteiger partial charge on any atom is 0.256 e. The Kier molecular flexibility index (Phi) is 3.63. The Labute approximate surface area is 127 Å². The van der Waals surface area contributed by atoms with Gasteiger partial charge in [0.1, 0.15) is 11.9 Å². The molecule has 112 valence electrons. The molecule has 5 heteroatoms. The highest BCUT2D eigenvalue weighted by Gasteiger charge is 2.39. The number of carbonyl (C=O) groups is 2. The molecule has 2 amide bonds. The number of hydrogen-bond donors (Lipinski definition) is 1. The Morgan fingerprint density at radius 1 is 1.14 bits per heavy atom. The number of amides is 2. The zero-order chi connectivity index (χ0) is 15.7. The summed E-state index contributed by atoms with van der Waals surface area (Å²) in [5.74, 6) is -1.10. The number of benzene rings is 2. The number of anilines is 2. The van der Waals surface area contributed by atoms with Crippen molar-refractivity contribution in [3.8, 4) is 0 Å². The Balaban J connectivity index is 1.84. The van der Waals surface area contributed by atoms with E-state index >= 15 is 0 Å². The summed E-state index contributed by atoms with van der Waals surface area (Å²) in [7, 11) is 0. The molecule has 3 rings (SSSR count). The van der Waals surface area contributed by atoms with Crippen molar-refractivity contribution >= 4 is 23.2 Å². The molecule has 0 aromatic heterocycles. The second-order valence-corrected chi connectivity index (χ2v) is 5.29. The molecule has 1 fully saturated rings. The maximum absolute atomic E-state index is 13.7. The van der Waals surface area contributed by atoms with Crippen LogP contribution in [0, 0.1) is 12.7 Å². The van der Waals surface area contributed by atoms with Crippen LogP contribution in [-0.4, -0.2) is 17.9 Å². The fourth-order valence-electron chi connectivity index (χ4n) is 2.55. The monoisotopic (exact) mass is 298 g/mol. The highest BCUT2D eigenvalue weighted by Crippen LogP contribution is 2.26. The Hall–Kier alpha value is -2.69. The van der Waals surface area contributed by atoms with Crippen LogP contribution in [0.4, 0.5) is 15.8 Å². The van der Waals surface area contributed by atoms with Gasteiger partial charge in [0.15, 0.2) is 0 Å².